The normalized spacial score (nSPS) is 23.0. The minimum Gasteiger partial charge on any atom is -0.0683 e. The Morgan fingerprint density at radius 3 is 2.25 bits per heavy atom. The third-order valence-corrected chi connectivity index (χ3v) is 6.06. The van der Waals surface area contributed by atoms with E-state index in [2.05, 4.69) is 63.2 Å². The number of hydrogen-bond acceptors (Lipinski definition) is 0. The Bertz CT molecular complexity index is 768. The molecule has 0 heterocycles. The molecule has 0 nitrogen and oxygen atoms in total. The van der Waals surface area contributed by atoms with Crippen molar-refractivity contribution in [3.63, 3.8) is 0 Å². The Labute approximate surface area is 146 Å². The average molecular weight is 316 g/mol. The van der Waals surface area contributed by atoms with Gasteiger partial charge in [-0.2, -0.15) is 0 Å². The topological polar surface area (TPSA) is 0 Å². The number of rotatable bonds is 2. The van der Waals surface area contributed by atoms with Crippen molar-refractivity contribution in [1.82, 2.24) is 0 Å². The van der Waals surface area contributed by atoms with Crippen molar-refractivity contribution in [2.75, 3.05) is 0 Å². The maximum Gasteiger partial charge on any atom is -0.00543 e. The van der Waals surface area contributed by atoms with Crippen LogP contribution in [0.15, 0.2) is 42.0 Å². The predicted molar refractivity (Wildman–Crippen MR) is 104 cm³/mol. The van der Waals surface area contributed by atoms with E-state index in [-0.39, 0.29) is 0 Å². The fourth-order valence-electron chi connectivity index (χ4n) is 4.55. The lowest BCUT2D eigenvalue weighted by Gasteiger charge is -2.28. The zero-order valence-corrected chi connectivity index (χ0v) is 15.2. The monoisotopic (exact) mass is 316 g/mol. The zero-order chi connectivity index (χ0) is 16.7. The molecule has 24 heavy (non-hydrogen) atoms. The van der Waals surface area contributed by atoms with Crippen molar-refractivity contribution in [3.05, 3.63) is 64.2 Å². The number of allylic oxidation sites excluding steroid dienone is 1. The lowest BCUT2D eigenvalue weighted by Crippen LogP contribution is -2.12. The molecule has 0 aromatic heterocycles. The number of fused-ring (bicyclic) bond motifs is 1. The summed E-state index contributed by atoms with van der Waals surface area (Å²) in [5, 5.41) is 0. The molecular weight excluding hydrogens is 288 g/mol. The van der Waals surface area contributed by atoms with Crippen molar-refractivity contribution < 1.29 is 0 Å². The Balaban J connectivity index is 1.76. The van der Waals surface area contributed by atoms with Crippen LogP contribution in [0.4, 0.5) is 0 Å². The molecular formula is C24H28. The van der Waals surface area contributed by atoms with E-state index in [1.165, 1.54) is 47.9 Å². The van der Waals surface area contributed by atoms with Crippen molar-refractivity contribution in [3.8, 4) is 11.1 Å². The van der Waals surface area contributed by atoms with Crippen LogP contribution < -0.4 is 0 Å². The van der Waals surface area contributed by atoms with Crippen LogP contribution in [-0.4, -0.2) is 0 Å². The first kappa shape index (κ1) is 15.7. The Morgan fingerprint density at radius 2 is 1.54 bits per heavy atom. The summed E-state index contributed by atoms with van der Waals surface area (Å²) in [6, 6.07) is 13.8. The van der Waals surface area contributed by atoms with Gasteiger partial charge < -0.3 is 0 Å². The van der Waals surface area contributed by atoms with E-state index in [4.69, 9.17) is 0 Å². The molecule has 4 rings (SSSR count). The second kappa shape index (κ2) is 6.24. The summed E-state index contributed by atoms with van der Waals surface area (Å²) >= 11 is 0. The molecule has 0 N–H and O–H groups in total. The van der Waals surface area contributed by atoms with E-state index >= 15 is 0 Å². The zero-order valence-electron chi connectivity index (χ0n) is 15.2. The molecule has 0 unspecified atom stereocenters. The van der Waals surface area contributed by atoms with Gasteiger partial charge in [0.2, 0.25) is 0 Å². The molecule has 0 aliphatic heterocycles. The minimum absolute atomic E-state index is 0.768. The molecule has 0 heteroatoms. The van der Waals surface area contributed by atoms with Gasteiger partial charge in [-0.1, -0.05) is 73.4 Å². The Hall–Kier alpha value is -1.82. The minimum atomic E-state index is 0.768. The first-order chi connectivity index (χ1) is 11.6. The van der Waals surface area contributed by atoms with Crippen molar-refractivity contribution in [1.29, 1.82) is 0 Å². The highest BCUT2D eigenvalue weighted by molar-refractivity contribution is 5.79. The molecule has 124 valence electrons. The highest BCUT2D eigenvalue weighted by Gasteiger charge is 2.25. The SMILES string of the molecule is CC1=Cc2c(C3CCC(C)CC3)ccc(-c3ccc(C)cc3)c2C1. The molecule has 0 atom stereocenters. The predicted octanol–water partition coefficient (Wildman–Crippen LogP) is 6.92. The number of hydrogen-bond donors (Lipinski definition) is 0. The molecule has 2 aliphatic carbocycles. The highest BCUT2D eigenvalue weighted by atomic mass is 14.3. The lowest BCUT2D eigenvalue weighted by atomic mass is 9.77. The van der Waals surface area contributed by atoms with Gasteiger partial charge >= 0.3 is 0 Å². The van der Waals surface area contributed by atoms with Gasteiger partial charge in [0.25, 0.3) is 0 Å². The maximum absolute atomic E-state index is 2.46. The molecule has 1 saturated carbocycles. The molecule has 0 spiro atoms. The van der Waals surface area contributed by atoms with E-state index in [1.807, 2.05) is 0 Å². The quantitative estimate of drug-likeness (QED) is 0.564. The van der Waals surface area contributed by atoms with Gasteiger partial charge in [0.1, 0.15) is 0 Å². The van der Waals surface area contributed by atoms with Gasteiger partial charge in [-0.05, 0) is 72.8 Å². The fourth-order valence-corrected chi connectivity index (χ4v) is 4.55. The van der Waals surface area contributed by atoms with Crippen molar-refractivity contribution in [2.24, 2.45) is 5.92 Å². The van der Waals surface area contributed by atoms with Gasteiger partial charge in [-0.3, -0.25) is 0 Å². The van der Waals surface area contributed by atoms with E-state index in [0.717, 1.165) is 18.3 Å². The van der Waals surface area contributed by atoms with Crippen LogP contribution in [-0.2, 0) is 6.42 Å². The van der Waals surface area contributed by atoms with E-state index in [9.17, 15) is 0 Å². The fraction of sp³-hybridized carbons (Fsp3) is 0.417. The number of aryl methyl sites for hydroxylation is 1. The van der Waals surface area contributed by atoms with Crippen molar-refractivity contribution >= 4 is 6.08 Å². The molecule has 2 aliphatic rings. The Kier molecular flexibility index (Phi) is 4.08. The summed E-state index contributed by atoms with van der Waals surface area (Å²) in [5.74, 6) is 1.68. The summed E-state index contributed by atoms with van der Waals surface area (Å²) < 4.78 is 0. The van der Waals surface area contributed by atoms with Crippen LogP contribution in [0.1, 0.15) is 67.7 Å². The van der Waals surface area contributed by atoms with E-state index in [0.29, 0.717) is 0 Å². The maximum atomic E-state index is 2.46. The smallest absolute Gasteiger partial charge is 0.00543 e. The molecule has 2 aromatic carbocycles. The standard InChI is InChI=1S/C24H28/c1-16-4-8-19(9-5-16)21-12-13-22(20-10-6-17(2)7-11-20)24-15-18(3)14-23(21)24/h4-5,8-9,12-13,15,17,20H,6-7,10-11,14H2,1-3H3. The lowest BCUT2D eigenvalue weighted by molar-refractivity contribution is 0.347. The van der Waals surface area contributed by atoms with Crippen LogP contribution in [0.3, 0.4) is 0 Å². The first-order valence-electron chi connectivity index (χ1n) is 9.52. The summed E-state index contributed by atoms with van der Waals surface area (Å²) in [7, 11) is 0. The van der Waals surface area contributed by atoms with Crippen LogP contribution in [0.2, 0.25) is 0 Å². The van der Waals surface area contributed by atoms with Crippen LogP contribution in [0.5, 0.6) is 0 Å². The van der Waals surface area contributed by atoms with Gasteiger partial charge in [-0.15, -0.1) is 0 Å². The second-order valence-electron chi connectivity index (χ2n) is 8.08. The molecule has 0 radical (unpaired) electrons. The summed E-state index contributed by atoms with van der Waals surface area (Å²) in [6.07, 6.45) is 9.09. The van der Waals surface area contributed by atoms with E-state index in [1.54, 1.807) is 16.7 Å². The number of benzene rings is 2. The average Bonchev–Trinajstić information content (AvgIpc) is 2.97. The third-order valence-electron chi connectivity index (χ3n) is 6.06. The summed E-state index contributed by atoms with van der Waals surface area (Å²) in [5.41, 5.74) is 10.4. The van der Waals surface area contributed by atoms with Crippen LogP contribution in [0, 0.1) is 12.8 Å². The van der Waals surface area contributed by atoms with Gasteiger partial charge in [0.15, 0.2) is 0 Å². The summed E-state index contributed by atoms with van der Waals surface area (Å²) in [4.78, 5) is 0. The summed E-state index contributed by atoms with van der Waals surface area (Å²) in [6.45, 7) is 6.85. The highest BCUT2D eigenvalue weighted by Crippen LogP contribution is 2.43. The molecule has 0 amide bonds. The molecule has 2 aromatic rings. The molecule has 1 fully saturated rings. The van der Waals surface area contributed by atoms with E-state index < -0.39 is 0 Å². The van der Waals surface area contributed by atoms with Crippen LogP contribution in [0.25, 0.3) is 17.2 Å². The van der Waals surface area contributed by atoms with Gasteiger partial charge in [0, 0.05) is 0 Å². The van der Waals surface area contributed by atoms with Gasteiger partial charge in [0.05, 0.1) is 0 Å². The van der Waals surface area contributed by atoms with Crippen molar-refractivity contribution in [2.45, 2.75) is 58.8 Å². The molecule has 0 saturated heterocycles. The largest absolute Gasteiger partial charge is 0.0683 e. The Morgan fingerprint density at radius 1 is 0.833 bits per heavy atom. The van der Waals surface area contributed by atoms with Gasteiger partial charge in [-0.25, -0.2) is 0 Å². The molecule has 0 bridgehead atoms. The first-order valence-corrected chi connectivity index (χ1v) is 9.52. The third kappa shape index (κ3) is 2.83. The second-order valence-corrected chi connectivity index (χ2v) is 8.08. The van der Waals surface area contributed by atoms with Crippen LogP contribution >= 0.6 is 0 Å².